The highest BCUT2D eigenvalue weighted by atomic mass is 16.4. The second-order valence-corrected chi connectivity index (χ2v) is 5.19. The first-order chi connectivity index (χ1) is 9.08. The average molecular weight is 261 g/mol. The number of carbonyl (C=O) groups excluding carboxylic acids is 1. The van der Waals surface area contributed by atoms with E-state index in [1.807, 2.05) is 31.2 Å². The van der Waals surface area contributed by atoms with Gasteiger partial charge in [-0.1, -0.05) is 25.0 Å². The fourth-order valence-electron chi connectivity index (χ4n) is 2.70. The zero-order valence-electron chi connectivity index (χ0n) is 11.1. The number of aryl methyl sites for hydroxylation is 1. The molecule has 1 aromatic carbocycles. The maximum Gasteiger partial charge on any atom is 0.307 e. The van der Waals surface area contributed by atoms with Gasteiger partial charge in [-0.05, 0) is 37.5 Å². The second kappa shape index (κ2) is 5.87. The van der Waals surface area contributed by atoms with Crippen molar-refractivity contribution >= 4 is 17.6 Å². The lowest BCUT2D eigenvalue weighted by atomic mass is 9.78. The molecule has 1 aliphatic carbocycles. The minimum Gasteiger partial charge on any atom is -0.481 e. The zero-order chi connectivity index (χ0) is 13.8. The van der Waals surface area contributed by atoms with Crippen molar-refractivity contribution in [1.82, 2.24) is 0 Å². The Morgan fingerprint density at radius 2 is 1.89 bits per heavy atom. The van der Waals surface area contributed by atoms with Gasteiger partial charge in [-0.25, -0.2) is 0 Å². The third kappa shape index (κ3) is 3.34. The van der Waals surface area contributed by atoms with Gasteiger partial charge < -0.3 is 10.4 Å². The van der Waals surface area contributed by atoms with Gasteiger partial charge in [0.2, 0.25) is 5.91 Å². The number of amides is 1. The number of hydrogen-bond acceptors (Lipinski definition) is 2. The maximum absolute atomic E-state index is 12.2. The number of rotatable bonds is 3. The molecule has 4 nitrogen and oxygen atoms in total. The van der Waals surface area contributed by atoms with Crippen LogP contribution in [0, 0.1) is 18.8 Å². The highest BCUT2D eigenvalue weighted by Gasteiger charge is 2.35. The molecule has 0 aromatic heterocycles. The van der Waals surface area contributed by atoms with Crippen molar-refractivity contribution in [3.63, 3.8) is 0 Å². The van der Waals surface area contributed by atoms with Crippen LogP contribution in [0.3, 0.4) is 0 Å². The molecule has 2 rings (SSSR count). The van der Waals surface area contributed by atoms with Crippen LogP contribution in [0.4, 0.5) is 5.69 Å². The van der Waals surface area contributed by atoms with Crippen LogP contribution in [0.25, 0.3) is 0 Å². The number of nitrogens with one attached hydrogen (secondary N) is 1. The monoisotopic (exact) mass is 261 g/mol. The number of anilines is 1. The lowest BCUT2D eigenvalue weighted by Crippen LogP contribution is -2.36. The van der Waals surface area contributed by atoms with Crippen molar-refractivity contribution in [3.8, 4) is 0 Å². The summed E-state index contributed by atoms with van der Waals surface area (Å²) < 4.78 is 0. The van der Waals surface area contributed by atoms with E-state index in [-0.39, 0.29) is 5.91 Å². The third-order valence-corrected chi connectivity index (χ3v) is 3.71. The SMILES string of the molecule is Cc1cccc(NC(=O)[C@@H]2CCCC[C@H]2C(=O)O)c1. The summed E-state index contributed by atoms with van der Waals surface area (Å²) in [6.07, 6.45) is 3.08. The van der Waals surface area contributed by atoms with Crippen LogP contribution in [-0.2, 0) is 9.59 Å². The van der Waals surface area contributed by atoms with Crippen molar-refractivity contribution in [2.75, 3.05) is 5.32 Å². The van der Waals surface area contributed by atoms with Gasteiger partial charge in [0.05, 0.1) is 11.8 Å². The van der Waals surface area contributed by atoms with Gasteiger partial charge >= 0.3 is 5.97 Å². The molecule has 0 bridgehead atoms. The van der Waals surface area contributed by atoms with Crippen LogP contribution < -0.4 is 5.32 Å². The normalized spacial score (nSPS) is 22.8. The molecule has 4 heteroatoms. The van der Waals surface area contributed by atoms with E-state index < -0.39 is 17.8 Å². The largest absolute Gasteiger partial charge is 0.481 e. The summed E-state index contributed by atoms with van der Waals surface area (Å²) >= 11 is 0. The average Bonchev–Trinajstić information content (AvgIpc) is 2.38. The fourth-order valence-corrected chi connectivity index (χ4v) is 2.70. The van der Waals surface area contributed by atoms with Crippen LogP contribution in [0.15, 0.2) is 24.3 Å². The van der Waals surface area contributed by atoms with Crippen molar-refractivity contribution in [2.24, 2.45) is 11.8 Å². The minimum atomic E-state index is -0.857. The number of carboxylic acids is 1. The van der Waals surface area contributed by atoms with Gasteiger partial charge in [0.15, 0.2) is 0 Å². The van der Waals surface area contributed by atoms with E-state index in [2.05, 4.69) is 5.32 Å². The molecule has 1 saturated carbocycles. The Kier molecular flexibility index (Phi) is 4.20. The molecule has 102 valence electrons. The molecular formula is C15H19NO3. The number of hydrogen-bond donors (Lipinski definition) is 2. The van der Waals surface area contributed by atoms with Crippen LogP contribution in [0.5, 0.6) is 0 Å². The van der Waals surface area contributed by atoms with E-state index in [4.69, 9.17) is 0 Å². The predicted octanol–water partition coefficient (Wildman–Crippen LogP) is 2.82. The van der Waals surface area contributed by atoms with Crippen LogP contribution in [0.2, 0.25) is 0 Å². The highest BCUT2D eigenvalue weighted by Crippen LogP contribution is 2.31. The van der Waals surface area contributed by atoms with E-state index in [0.29, 0.717) is 12.8 Å². The Balaban J connectivity index is 2.07. The first kappa shape index (κ1) is 13.6. The first-order valence-electron chi connectivity index (χ1n) is 6.68. The van der Waals surface area contributed by atoms with Crippen LogP contribution >= 0.6 is 0 Å². The summed E-state index contributed by atoms with van der Waals surface area (Å²) in [6.45, 7) is 1.95. The Bertz CT molecular complexity index is 484. The Labute approximate surface area is 112 Å². The maximum atomic E-state index is 12.2. The number of aliphatic carboxylic acids is 1. The summed E-state index contributed by atoms with van der Waals surface area (Å²) in [5, 5.41) is 12.0. The zero-order valence-corrected chi connectivity index (χ0v) is 11.1. The van der Waals surface area contributed by atoms with Gasteiger partial charge in [-0.15, -0.1) is 0 Å². The van der Waals surface area contributed by atoms with Gasteiger partial charge in [0, 0.05) is 5.69 Å². The number of benzene rings is 1. The highest BCUT2D eigenvalue weighted by molar-refractivity contribution is 5.95. The lowest BCUT2D eigenvalue weighted by molar-refractivity contribution is -0.147. The second-order valence-electron chi connectivity index (χ2n) is 5.19. The fraction of sp³-hybridized carbons (Fsp3) is 0.467. The molecule has 1 amide bonds. The van der Waals surface area contributed by atoms with Gasteiger partial charge in [0.25, 0.3) is 0 Å². The van der Waals surface area contributed by atoms with E-state index in [9.17, 15) is 14.7 Å². The molecule has 0 saturated heterocycles. The Hall–Kier alpha value is -1.84. The van der Waals surface area contributed by atoms with Gasteiger partial charge in [-0.3, -0.25) is 9.59 Å². The third-order valence-electron chi connectivity index (χ3n) is 3.71. The first-order valence-corrected chi connectivity index (χ1v) is 6.68. The number of carbonyl (C=O) groups is 2. The van der Waals surface area contributed by atoms with E-state index in [1.165, 1.54) is 0 Å². The molecule has 2 atom stereocenters. The van der Waals surface area contributed by atoms with Crippen molar-refractivity contribution in [1.29, 1.82) is 0 Å². The smallest absolute Gasteiger partial charge is 0.307 e. The van der Waals surface area contributed by atoms with E-state index in [1.54, 1.807) is 0 Å². The summed E-state index contributed by atoms with van der Waals surface area (Å²) in [7, 11) is 0. The Morgan fingerprint density at radius 3 is 2.53 bits per heavy atom. The van der Waals surface area contributed by atoms with E-state index >= 15 is 0 Å². The molecule has 0 spiro atoms. The number of carboxylic acid groups (broad SMARTS) is 1. The summed E-state index contributed by atoms with van der Waals surface area (Å²) in [6, 6.07) is 7.54. The van der Waals surface area contributed by atoms with Crippen molar-refractivity contribution in [2.45, 2.75) is 32.6 Å². The molecule has 1 fully saturated rings. The summed E-state index contributed by atoms with van der Waals surface area (Å²) in [4.78, 5) is 23.4. The summed E-state index contributed by atoms with van der Waals surface area (Å²) in [5.41, 5.74) is 1.80. The van der Waals surface area contributed by atoms with Crippen LogP contribution in [-0.4, -0.2) is 17.0 Å². The summed E-state index contributed by atoms with van der Waals surface area (Å²) in [5.74, 6) is -1.98. The van der Waals surface area contributed by atoms with Crippen LogP contribution in [0.1, 0.15) is 31.2 Å². The molecule has 1 aliphatic rings. The van der Waals surface area contributed by atoms with E-state index in [0.717, 1.165) is 24.1 Å². The van der Waals surface area contributed by atoms with Crippen molar-refractivity contribution < 1.29 is 14.7 Å². The predicted molar refractivity (Wildman–Crippen MR) is 72.9 cm³/mol. The molecule has 1 aromatic rings. The standard InChI is InChI=1S/C15H19NO3/c1-10-5-4-6-11(9-10)16-14(17)12-7-2-3-8-13(12)15(18)19/h4-6,9,12-13H,2-3,7-8H2,1H3,(H,16,17)(H,18,19)/t12-,13-/m1/s1. The van der Waals surface area contributed by atoms with Gasteiger partial charge in [0.1, 0.15) is 0 Å². The molecule has 0 radical (unpaired) electrons. The quantitative estimate of drug-likeness (QED) is 0.879. The lowest BCUT2D eigenvalue weighted by Gasteiger charge is -2.27. The Morgan fingerprint density at radius 1 is 1.21 bits per heavy atom. The molecule has 2 N–H and O–H groups in total. The molecular weight excluding hydrogens is 242 g/mol. The molecule has 0 heterocycles. The van der Waals surface area contributed by atoms with Crippen molar-refractivity contribution in [3.05, 3.63) is 29.8 Å². The topological polar surface area (TPSA) is 66.4 Å². The molecule has 19 heavy (non-hydrogen) atoms. The molecule has 0 unspecified atom stereocenters. The molecule has 0 aliphatic heterocycles. The minimum absolute atomic E-state index is 0.169. The van der Waals surface area contributed by atoms with Gasteiger partial charge in [-0.2, -0.15) is 0 Å².